The molecule has 1 aromatic heterocycles. The SMILES string of the molecule is COc1ccccc1CNC(=O)c1ccc(C[S@@](=O)c2cccc(C)c2)o1. The van der Waals surface area contributed by atoms with Crippen LogP contribution in [0.1, 0.15) is 27.4 Å². The summed E-state index contributed by atoms with van der Waals surface area (Å²) in [4.78, 5) is 13.1. The van der Waals surface area contributed by atoms with Gasteiger partial charge in [0.2, 0.25) is 0 Å². The monoisotopic (exact) mass is 383 g/mol. The first kappa shape index (κ1) is 18.9. The minimum Gasteiger partial charge on any atom is -0.496 e. The third-order valence-corrected chi connectivity index (χ3v) is 5.37. The fraction of sp³-hybridized carbons (Fsp3) is 0.190. The maximum Gasteiger partial charge on any atom is 0.287 e. The summed E-state index contributed by atoms with van der Waals surface area (Å²) in [6, 6.07) is 18.3. The molecule has 0 saturated carbocycles. The summed E-state index contributed by atoms with van der Waals surface area (Å²) in [6.07, 6.45) is 0. The highest BCUT2D eigenvalue weighted by Crippen LogP contribution is 2.18. The summed E-state index contributed by atoms with van der Waals surface area (Å²) >= 11 is 0. The number of carbonyl (C=O) groups excluding carboxylic acids is 1. The van der Waals surface area contributed by atoms with E-state index in [1.807, 2.05) is 55.5 Å². The van der Waals surface area contributed by atoms with Crippen molar-refractivity contribution in [3.05, 3.63) is 83.3 Å². The van der Waals surface area contributed by atoms with Gasteiger partial charge in [-0.25, -0.2) is 0 Å². The van der Waals surface area contributed by atoms with Gasteiger partial charge in [-0.1, -0.05) is 30.3 Å². The Balaban J connectivity index is 1.61. The van der Waals surface area contributed by atoms with Crippen molar-refractivity contribution >= 4 is 16.7 Å². The van der Waals surface area contributed by atoms with Gasteiger partial charge >= 0.3 is 0 Å². The molecule has 3 rings (SSSR count). The zero-order valence-electron chi connectivity index (χ0n) is 15.2. The van der Waals surface area contributed by atoms with Gasteiger partial charge in [-0.2, -0.15) is 0 Å². The second-order valence-electron chi connectivity index (χ2n) is 6.07. The van der Waals surface area contributed by atoms with Crippen molar-refractivity contribution in [1.82, 2.24) is 5.32 Å². The number of para-hydroxylation sites is 1. The number of carbonyl (C=O) groups is 1. The van der Waals surface area contributed by atoms with Gasteiger partial charge in [0.25, 0.3) is 5.91 Å². The third kappa shape index (κ3) is 4.86. The van der Waals surface area contributed by atoms with Crippen LogP contribution >= 0.6 is 0 Å². The van der Waals surface area contributed by atoms with Crippen LogP contribution in [0, 0.1) is 6.92 Å². The van der Waals surface area contributed by atoms with Gasteiger partial charge in [0, 0.05) is 17.0 Å². The van der Waals surface area contributed by atoms with E-state index in [0.717, 1.165) is 16.0 Å². The maximum absolute atomic E-state index is 12.5. The molecule has 0 aliphatic carbocycles. The molecule has 5 nitrogen and oxygen atoms in total. The molecule has 1 heterocycles. The van der Waals surface area contributed by atoms with Crippen molar-refractivity contribution in [2.24, 2.45) is 0 Å². The lowest BCUT2D eigenvalue weighted by molar-refractivity contribution is 0.0921. The Bertz CT molecular complexity index is 964. The van der Waals surface area contributed by atoms with Gasteiger partial charge in [-0.3, -0.25) is 9.00 Å². The number of rotatable bonds is 7. The van der Waals surface area contributed by atoms with Crippen molar-refractivity contribution in [1.29, 1.82) is 0 Å². The van der Waals surface area contributed by atoms with E-state index in [9.17, 15) is 9.00 Å². The van der Waals surface area contributed by atoms with Crippen LogP contribution in [-0.4, -0.2) is 17.2 Å². The average molecular weight is 383 g/mol. The molecule has 0 fully saturated rings. The first-order valence-electron chi connectivity index (χ1n) is 8.50. The van der Waals surface area contributed by atoms with E-state index in [1.165, 1.54) is 0 Å². The zero-order chi connectivity index (χ0) is 19.2. The van der Waals surface area contributed by atoms with Crippen molar-refractivity contribution in [3.63, 3.8) is 0 Å². The molecular formula is C21H21NO4S. The minimum absolute atomic E-state index is 0.196. The first-order chi connectivity index (χ1) is 13.1. The van der Waals surface area contributed by atoms with E-state index >= 15 is 0 Å². The highest BCUT2D eigenvalue weighted by atomic mass is 32.2. The van der Waals surface area contributed by atoms with Gasteiger partial charge in [-0.15, -0.1) is 0 Å². The Hall–Kier alpha value is -2.86. The Kier molecular flexibility index (Phi) is 6.08. The first-order valence-corrected chi connectivity index (χ1v) is 9.82. The van der Waals surface area contributed by atoms with Gasteiger partial charge in [-0.05, 0) is 42.8 Å². The normalized spacial score (nSPS) is 11.8. The summed E-state index contributed by atoms with van der Waals surface area (Å²) in [5.41, 5.74) is 1.93. The number of methoxy groups -OCH3 is 1. The summed E-state index contributed by atoms with van der Waals surface area (Å²) in [5, 5.41) is 2.81. The predicted octanol–water partition coefficient (Wildman–Crippen LogP) is 3.83. The Morgan fingerprint density at radius 3 is 2.70 bits per heavy atom. The van der Waals surface area contributed by atoms with E-state index in [2.05, 4.69) is 5.32 Å². The second-order valence-corrected chi connectivity index (χ2v) is 7.52. The topological polar surface area (TPSA) is 68.5 Å². The molecule has 140 valence electrons. The van der Waals surface area contributed by atoms with Gasteiger partial charge < -0.3 is 14.5 Å². The van der Waals surface area contributed by atoms with E-state index in [-0.39, 0.29) is 17.4 Å². The number of nitrogens with one attached hydrogen (secondary N) is 1. The maximum atomic E-state index is 12.5. The van der Waals surface area contributed by atoms with Gasteiger partial charge in [0.05, 0.1) is 23.7 Å². The van der Waals surface area contributed by atoms with Crippen LogP contribution in [-0.2, 0) is 23.1 Å². The van der Waals surface area contributed by atoms with E-state index in [1.54, 1.807) is 19.2 Å². The lowest BCUT2D eigenvalue weighted by Crippen LogP contribution is -2.22. The zero-order valence-corrected chi connectivity index (χ0v) is 16.0. The number of hydrogen-bond acceptors (Lipinski definition) is 4. The molecule has 1 atom stereocenters. The van der Waals surface area contributed by atoms with Gasteiger partial charge in [0.15, 0.2) is 5.76 Å². The molecule has 0 spiro atoms. The lowest BCUT2D eigenvalue weighted by atomic mass is 10.2. The molecule has 2 aromatic carbocycles. The summed E-state index contributed by atoms with van der Waals surface area (Å²) in [7, 11) is 0.367. The molecule has 0 radical (unpaired) electrons. The molecule has 6 heteroatoms. The fourth-order valence-electron chi connectivity index (χ4n) is 2.66. The number of amides is 1. The average Bonchev–Trinajstić information content (AvgIpc) is 3.15. The molecule has 0 bridgehead atoms. The minimum atomic E-state index is -1.22. The second kappa shape index (κ2) is 8.68. The molecule has 1 amide bonds. The molecule has 0 aliphatic heterocycles. The van der Waals surface area contributed by atoms with E-state index in [4.69, 9.17) is 9.15 Å². The highest BCUT2D eigenvalue weighted by molar-refractivity contribution is 7.84. The highest BCUT2D eigenvalue weighted by Gasteiger charge is 2.14. The summed E-state index contributed by atoms with van der Waals surface area (Å²) in [5.74, 6) is 1.32. The number of benzene rings is 2. The van der Waals surface area contributed by atoms with Crippen LogP contribution in [0.2, 0.25) is 0 Å². The Morgan fingerprint density at radius 1 is 1.11 bits per heavy atom. The number of aryl methyl sites for hydroxylation is 1. The van der Waals surface area contributed by atoms with Crippen LogP contribution in [0.3, 0.4) is 0 Å². The quantitative estimate of drug-likeness (QED) is 0.673. The van der Waals surface area contributed by atoms with Crippen molar-refractivity contribution in [2.75, 3.05) is 7.11 Å². The predicted molar refractivity (Wildman–Crippen MR) is 104 cm³/mol. The molecule has 0 saturated heterocycles. The van der Waals surface area contributed by atoms with Crippen LogP contribution in [0.5, 0.6) is 5.75 Å². The largest absolute Gasteiger partial charge is 0.496 e. The van der Waals surface area contributed by atoms with E-state index in [0.29, 0.717) is 18.1 Å². The summed E-state index contributed by atoms with van der Waals surface area (Å²) in [6.45, 7) is 2.28. The van der Waals surface area contributed by atoms with Crippen LogP contribution in [0.25, 0.3) is 0 Å². The molecule has 3 aromatic rings. The van der Waals surface area contributed by atoms with Crippen LogP contribution < -0.4 is 10.1 Å². The number of ether oxygens (including phenoxy) is 1. The molecule has 0 aliphatic rings. The summed E-state index contributed by atoms with van der Waals surface area (Å²) < 4.78 is 23.3. The Morgan fingerprint density at radius 2 is 1.93 bits per heavy atom. The lowest BCUT2D eigenvalue weighted by Gasteiger charge is -2.08. The van der Waals surface area contributed by atoms with Gasteiger partial charge in [0.1, 0.15) is 11.5 Å². The molecule has 0 unspecified atom stereocenters. The standard InChI is InChI=1S/C21H21NO4S/c1-15-6-5-8-18(12-15)27(24)14-17-10-11-20(26-17)21(23)22-13-16-7-3-4-9-19(16)25-2/h3-12H,13-14H2,1-2H3,(H,22,23)/t27-/m1/s1. The smallest absolute Gasteiger partial charge is 0.287 e. The van der Waals surface area contributed by atoms with Crippen molar-refractivity contribution in [3.8, 4) is 5.75 Å². The fourth-order valence-corrected chi connectivity index (χ4v) is 3.79. The third-order valence-electron chi connectivity index (χ3n) is 4.04. The molecular weight excluding hydrogens is 362 g/mol. The molecule has 27 heavy (non-hydrogen) atoms. The van der Waals surface area contributed by atoms with Crippen molar-refractivity contribution < 1.29 is 18.2 Å². The Labute approximate surface area is 160 Å². The van der Waals surface area contributed by atoms with Crippen molar-refractivity contribution in [2.45, 2.75) is 24.1 Å². The number of hydrogen-bond donors (Lipinski definition) is 1. The number of furan rings is 1. The van der Waals surface area contributed by atoms with Crippen LogP contribution in [0.4, 0.5) is 0 Å². The van der Waals surface area contributed by atoms with E-state index < -0.39 is 10.8 Å². The molecule has 1 N–H and O–H groups in total. The van der Waals surface area contributed by atoms with Crippen LogP contribution in [0.15, 0.2) is 70.0 Å².